The minimum absolute atomic E-state index is 0.0971. The van der Waals surface area contributed by atoms with E-state index < -0.39 is 0 Å². The first kappa shape index (κ1) is 26.3. The molecular formula is C31H37N3O3. The number of para-hydroxylation sites is 2. The fourth-order valence-electron chi connectivity index (χ4n) is 4.34. The number of amides is 1. The molecular weight excluding hydrogens is 462 g/mol. The first-order valence-electron chi connectivity index (χ1n) is 12.9. The third kappa shape index (κ3) is 6.91. The zero-order valence-electron chi connectivity index (χ0n) is 22.3. The number of fused-ring (bicyclic) bond motifs is 1. The summed E-state index contributed by atoms with van der Waals surface area (Å²) in [6.45, 7) is 8.68. The molecule has 1 aromatic heterocycles. The monoisotopic (exact) mass is 499 g/mol. The molecule has 0 unspecified atom stereocenters. The number of hydrogen-bond acceptors (Lipinski definition) is 4. The Morgan fingerprint density at radius 1 is 0.946 bits per heavy atom. The van der Waals surface area contributed by atoms with Crippen molar-refractivity contribution in [3.05, 3.63) is 89.7 Å². The zero-order valence-corrected chi connectivity index (χ0v) is 22.3. The number of rotatable bonds is 11. The van der Waals surface area contributed by atoms with Gasteiger partial charge in [-0.2, -0.15) is 0 Å². The number of nitrogens with one attached hydrogen (secondary N) is 1. The van der Waals surface area contributed by atoms with E-state index in [1.54, 1.807) is 19.2 Å². The Balaban J connectivity index is 1.31. The van der Waals surface area contributed by atoms with Gasteiger partial charge in [-0.15, -0.1) is 0 Å². The summed E-state index contributed by atoms with van der Waals surface area (Å²) in [4.78, 5) is 17.4. The number of aryl methyl sites for hydroxylation is 2. The predicted octanol–water partition coefficient (Wildman–Crippen LogP) is 6.17. The Bertz CT molecular complexity index is 1320. The average molecular weight is 500 g/mol. The van der Waals surface area contributed by atoms with Gasteiger partial charge in [-0.25, -0.2) is 4.98 Å². The van der Waals surface area contributed by atoms with Crippen LogP contribution in [0.1, 0.15) is 55.4 Å². The maximum absolute atomic E-state index is 12.5. The topological polar surface area (TPSA) is 65.4 Å². The van der Waals surface area contributed by atoms with Gasteiger partial charge in [-0.05, 0) is 66.3 Å². The Hall–Kier alpha value is -3.80. The third-order valence-electron chi connectivity index (χ3n) is 6.44. The van der Waals surface area contributed by atoms with Crippen molar-refractivity contribution in [2.75, 3.05) is 20.3 Å². The first-order valence-corrected chi connectivity index (χ1v) is 12.9. The van der Waals surface area contributed by atoms with Crippen molar-refractivity contribution in [2.24, 2.45) is 0 Å². The van der Waals surface area contributed by atoms with Crippen LogP contribution in [0.4, 0.5) is 0 Å². The van der Waals surface area contributed by atoms with Crippen molar-refractivity contribution in [3.63, 3.8) is 0 Å². The summed E-state index contributed by atoms with van der Waals surface area (Å²) in [6, 6.07) is 23.8. The molecule has 3 aromatic carbocycles. The molecule has 4 aromatic rings. The largest absolute Gasteiger partial charge is 0.497 e. The van der Waals surface area contributed by atoms with Crippen LogP contribution in [-0.2, 0) is 18.4 Å². The number of hydrogen-bond donors (Lipinski definition) is 1. The van der Waals surface area contributed by atoms with Gasteiger partial charge >= 0.3 is 0 Å². The molecule has 0 bridgehead atoms. The van der Waals surface area contributed by atoms with Crippen LogP contribution >= 0.6 is 0 Å². The maximum atomic E-state index is 12.5. The highest BCUT2D eigenvalue weighted by Crippen LogP contribution is 2.24. The maximum Gasteiger partial charge on any atom is 0.251 e. The van der Waals surface area contributed by atoms with Gasteiger partial charge in [0.05, 0.1) is 24.8 Å². The van der Waals surface area contributed by atoms with Crippen LogP contribution in [0.15, 0.2) is 72.8 Å². The molecule has 0 aliphatic carbocycles. The Morgan fingerprint density at radius 3 is 2.49 bits per heavy atom. The van der Waals surface area contributed by atoms with Crippen molar-refractivity contribution in [1.29, 1.82) is 0 Å². The Labute approximate surface area is 219 Å². The lowest BCUT2D eigenvalue weighted by Gasteiger charge is -2.19. The molecule has 0 aliphatic heterocycles. The van der Waals surface area contributed by atoms with E-state index in [1.165, 1.54) is 5.56 Å². The van der Waals surface area contributed by atoms with E-state index in [4.69, 9.17) is 14.5 Å². The van der Waals surface area contributed by atoms with Crippen molar-refractivity contribution >= 4 is 16.9 Å². The molecule has 0 atom stereocenters. The summed E-state index contributed by atoms with van der Waals surface area (Å²) in [6.07, 6.45) is 2.46. The van der Waals surface area contributed by atoms with E-state index in [1.807, 2.05) is 30.3 Å². The number of methoxy groups -OCH3 is 1. The van der Waals surface area contributed by atoms with Gasteiger partial charge in [0.1, 0.15) is 17.3 Å². The standard InChI is InChI=1S/C31H37N3O3/c1-31(2,3)24-15-17-25(18-16-24)37-21-9-20-34-28-13-6-5-12-27(28)33-29(34)14-8-19-32-30(35)23-10-7-11-26(22-23)36-4/h5-7,10-13,15-18,22H,8-9,14,19-21H2,1-4H3,(H,32,35). The first-order chi connectivity index (χ1) is 17.8. The van der Waals surface area contributed by atoms with Gasteiger partial charge in [-0.1, -0.05) is 51.1 Å². The van der Waals surface area contributed by atoms with Crippen LogP contribution in [0.2, 0.25) is 0 Å². The van der Waals surface area contributed by atoms with Crippen molar-refractivity contribution in [2.45, 2.75) is 52.0 Å². The minimum atomic E-state index is -0.0971. The quantitative estimate of drug-likeness (QED) is 0.251. The van der Waals surface area contributed by atoms with E-state index in [9.17, 15) is 4.79 Å². The Kier molecular flexibility index (Phi) is 8.49. The van der Waals surface area contributed by atoms with Gasteiger partial charge in [0.25, 0.3) is 5.91 Å². The lowest BCUT2D eigenvalue weighted by atomic mass is 9.87. The molecule has 0 spiro atoms. The second-order valence-corrected chi connectivity index (χ2v) is 10.2. The Morgan fingerprint density at radius 2 is 1.73 bits per heavy atom. The van der Waals surface area contributed by atoms with Crippen LogP contribution in [0.3, 0.4) is 0 Å². The number of carbonyl (C=O) groups is 1. The molecule has 37 heavy (non-hydrogen) atoms. The van der Waals surface area contributed by atoms with Crippen LogP contribution in [0.5, 0.6) is 11.5 Å². The molecule has 1 N–H and O–H groups in total. The normalized spacial score (nSPS) is 11.5. The minimum Gasteiger partial charge on any atom is -0.497 e. The van der Waals surface area contributed by atoms with Gasteiger partial charge < -0.3 is 19.4 Å². The lowest BCUT2D eigenvalue weighted by Crippen LogP contribution is -2.25. The second-order valence-electron chi connectivity index (χ2n) is 10.2. The molecule has 1 amide bonds. The van der Waals surface area contributed by atoms with E-state index >= 15 is 0 Å². The van der Waals surface area contributed by atoms with Crippen LogP contribution < -0.4 is 14.8 Å². The number of nitrogens with zero attached hydrogens (tertiary/aromatic N) is 2. The molecule has 0 aliphatic rings. The van der Waals surface area contributed by atoms with Crippen LogP contribution in [0, 0.1) is 0 Å². The number of carbonyl (C=O) groups excluding carboxylic acids is 1. The smallest absolute Gasteiger partial charge is 0.251 e. The van der Waals surface area contributed by atoms with E-state index in [0.29, 0.717) is 24.5 Å². The zero-order chi connectivity index (χ0) is 26.3. The van der Waals surface area contributed by atoms with Gasteiger partial charge in [0.2, 0.25) is 0 Å². The van der Waals surface area contributed by atoms with Gasteiger partial charge in [0, 0.05) is 25.1 Å². The predicted molar refractivity (Wildman–Crippen MR) is 149 cm³/mol. The fraction of sp³-hybridized carbons (Fsp3) is 0.355. The van der Waals surface area contributed by atoms with Crippen molar-refractivity contribution in [3.8, 4) is 11.5 Å². The highest BCUT2D eigenvalue weighted by molar-refractivity contribution is 5.94. The fourth-order valence-corrected chi connectivity index (χ4v) is 4.34. The SMILES string of the molecule is COc1cccc(C(=O)NCCCc2nc3ccccc3n2CCCOc2ccc(C(C)(C)C)cc2)c1. The number of benzene rings is 3. The van der Waals surface area contributed by atoms with Gasteiger partial charge in [-0.3, -0.25) is 4.79 Å². The molecule has 0 radical (unpaired) electrons. The third-order valence-corrected chi connectivity index (χ3v) is 6.44. The molecule has 6 heteroatoms. The summed E-state index contributed by atoms with van der Waals surface area (Å²) in [7, 11) is 1.60. The van der Waals surface area contributed by atoms with Crippen molar-refractivity contribution < 1.29 is 14.3 Å². The number of aromatic nitrogens is 2. The summed E-state index contributed by atoms with van der Waals surface area (Å²) >= 11 is 0. The average Bonchev–Trinajstić information content (AvgIpc) is 3.26. The van der Waals surface area contributed by atoms with Crippen LogP contribution in [-0.4, -0.2) is 35.7 Å². The van der Waals surface area contributed by atoms with Gasteiger partial charge in [0.15, 0.2) is 0 Å². The number of imidazole rings is 1. The van der Waals surface area contributed by atoms with E-state index in [-0.39, 0.29) is 11.3 Å². The molecule has 0 saturated carbocycles. The van der Waals surface area contributed by atoms with E-state index in [0.717, 1.165) is 48.4 Å². The van der Waals surface area contributed by atoms with Crippen molar-refractivity contribution in [1.82, 2.24) is 14.9 Å². The molecule has 1 heterocycles. The highest BCUT2D eigenvalue weighted by Gasteiger charge is 2.14. The molecule has 194 valence electrons. The number of ether oxygens (including phenoxy) is 2. The van der Waals surface area contributed by atoms with Crippen LogP contribution in [0.25, 0.3) is 11.0 Å². The molecule has 0 fully saturated rings. The van der Waals surface area contributed by atoms with E-state index in [2.05, 4.69) is 61.0 Å². The highest BCUT2D eigenvalue weighted by atomic mass is 16.5. The summed E-state index contributed by atoms with van der Waals surface area (Å²) in [5.74, 6) is 2.51. The molecule has 0 saturated heterocycles. The summed E-state index contributed by atoms with van der Waals surface area (Å²) in [5, 5.41) is 3.01. The molecule has 6 nitrogen and oxygen atoms in total. The summed E-state index contributed by atoms with van der Waals surface area (Å²) in [5.41, 5.74) is 4.16. The summed E-state index contributed by atoms with van der Waals surface area (Å²) < 4.78 is 13.5. The second kappa shape index (κ2) is 12.0. The molecule has 4 rings (SSSR count). The lowest BCUT2D eigenvalue weighted by molar-refractivity contribution is 0.0952.